The minimum Gasteiger partial charge on any atom is -0.325 e. The number of fused-ring (bicyclic) bond motifs is 4. The SMILES string of the molecule is CCCn1c(SC(C)C(=O)Nc2ccccc2)nc2c(c1=O)C1(CCCCC1)Cc1ccccc1-2. The molecule has 1 unspecified atom stereocenters. The number of nitrogens with one attached hydrogen (secondary N) is 1. The van der Waals surface area contributed by atoms with E-state index in [0.29, 0.717) is 11.7 Å². The first-order valence-electron chi connectivity index (χ1n) is 12.8. The van der Waals surface area contributed by atoms with Gasteiger partial charge in [-0.05, 0) is 50.3 Å². The molecule has 3 aromatic rings. The molecule has 5 nitrogen and oxygen atoms in total. The van der Waals surface area contributed by atoms with Gasteiger partial charge in [-0.15, -0.1) is 0 Å². The number of amides is 1. The van der Waals surface area contributed by atoms with Crippen LogP contribution in [-0.4, -0.2) is 20.7 Å². The fourth-order valence-corrected chi connectivity index (χ4v) is 6.64. The summed E-state index contributed by atoms with van der Waals surface area (Å²) in [6.45, 7) is 4.56. The lowest BCUT2D eigenvalue weighted by molar-refractivity contribution is -0.115. The first-order chi connectivity index (χ1) is 17.0. The van der Waals surface area contributed by atoms with E-state index >= 15 is 0 Å². The summed E-state index contributed by atoms with van der Waals surface area (Å²) in [4.78, 5) is 32.3. The highest BCUT2D eigenvalue weighted by molar-refractivity contribution is 8.00. The fraction of sp³-hybridized carbons (Fsp3) is 0.414. The van der Waals surface area contributed by atoms with Crippen LogP contribution in [0.5, 0.6) is 0 Å². The summed E-state index contributed by atoms with van der Waals surface area (Å²) in [5, 5.41) is 3.21. The number of rotatable bonds is 6. The molecule has 0 radical (unpaired) electrons. The van der Waals surface area contributed by atoms with Gasteiger partial charge in [0.15, 0.2) is 5.16 Å². The molecule has 1 saturated carbocycles. The third-order valence-electron chi connectivity index (χ3n) is 7.42. The average Bonchev–Trinajstić information content (AvgIpc) is 2.87. The van der Waals surface area contributed by atoms with Gasteiger partial charge in [-0.25, -0.2) is 4.98 Å². The first-order valence-corrected chi connectivity index (χ1v) is 13.7. The summed E-state index contributed by atoms with van der Waals surface area (Å²) in [5.41, 5.74) is 4.84. The zero-order valence-electron chi connectivity index (χ0n) is 20.5. The Morgan fingerprint density at radius 2 is 1.80 bits per heavy atom. The van der Waals surface area contributed by atoms with Crippen molar-refractivity contribution in [3.63, 3.8) is 0 Å². The molecule has 2 aromatic carbocycles. The molecule has 2 aliphatic rings. The van der Waals surface area contributed by atoms with Crippen LogP contribution in [0.1, 0.15) is 63.5 Å². The van der Waals surface area contributed by atoms with Crippen LogP contribution in [-0.2, 0) is 23.2 Å². The number of aromatic nitrogens is 2. The van der Waals surface area contributed by atoms with Crippen LogP contribution < -0.4 is 10.9 Å². The quantitative estimate of drug-likeness (QED) is 0.332. The summed E-state index contributed by atoms with van der Waals surface area (Å²) >= 11 is 1.37. The van der Waals surface area contributed by atoms with Gasteiger partial charge in [0, 0.05) is 23.2 Å². The molecule has 0 bridgehead atoms. The Labute approximate surface area is 211 Å². The van der Waals surface area contributed by atoms with Crippen molar-refractivity contribution in [3.8, 4) is 11.3 Å². The molecule has 2 aliphatic carbocycles. The van der Waals surface area contributed by atoms with Crippen LogP contribution in [0.15, 0.2) is 64.5 Å². The Morgan fingerprint density at radius 3 is 2.54 bits per heavy atom. The molecule has 182 valence electrons. The maximum absolute atomic E-state index is 14.2. The number of para-hydroxylation sites is 1. The minimum atomic E-state index is -0.397. The van der Waals surface area contributed by atoms with Gasteiger partial charge in [0.1, 0.15) is 0 Å². The van der Waals surface area contributed by atoms with E-state index in [0.717, 1.165) is 61.0 Å². The average molecular weight is 488 g/mol. The maximum atomic E-state index is 14.2. The Hall–Kier alpha value is -2.86. The zero-order chi connectivity index (χ0) is 24.4. The Bertz CT molecular complexity index is 1280. The molecule has 1 aromatic heterocycles. The summed E-state index contributed by atoms with van der Waals surface area (Å²) < 4.78 is 1.83. The van der Waals surface area contributed by atoms with Gasteiger partial charge in [0.25, 0.3) is 5.56 Å². The van der Waals surface area contributed by atoms with E-state index in [9.17, 15) is 9.59 Å². The molecule has 0 aliphatic heterocycles. The molecule has 1 amide bonds. The van der Waals surface area contributed by atoms with E-state index in [-0.39, 0.29) is 16.9 Å². The molecule has 1 spiro atoms. The second-order valence-corrected chi connectivity index (χ2v) is 11.2. The highest BCUT2D eigenvalue weighted by Gasteiger charge is 2.43. The number of thioether (sulfide) groups is 1. The number of hydrogen-bond donors (Lipinski definition) is 1. The van der Waals surface area contributed by atoms with E-state index in [1.165, 1.54) is 23.7 Å². The zero-order valence-corrected chi connectivity index (χ0v) is 21.4. The number of nitrogens with zero attached hydrogens (tertiary/aromatic N) is 2. The van der Waals surface area contributed by atoms with Gasteiger partial charge < -0.3 is 5.32 Å². The topological polar surface area (TPSA) is 64.0 Å². The van der Waals surface area contributed by atoms with E-state index in [4.69, 9.17) is 4.98 Å². The number of carbonyl (C=O) groups excluding carboxylic acids is 1. The van der Waals surface area contributed by atoms with Crippen LogP contribution in [0.3, 0.4) is 0 Å². The standard InChI is InChI=1S/C29H33N3O2S/c1-3-18-32-27(34)24-25(23-15-9-8-12-21(23)19-29(24)16-10-5-11-17-29)31-28(32)35-20(2)26(33)30-22-13-6-4-7-14-22/h4,6-9,12-15,20H,3,5,10-11,16-19H2,1-2H3,(H,30,33). The molecule has 35 heavy (non-hydrogen) atoms. The molecule has 1 heterocycles. The maximum Gasteiger partial charge on any atom is 0.258 e. The molecule has 1 fully saturated rings. The molecular weight excluding hydrogens is 454 g/mol. The Morgan fingerprint density at radius 1 is 1.09 bits per heavy atom. The van der Waals surface area contributed by atoms with Crippen molar-refractivity contribution in [1.29, 1.82) is 0 Å². The monoisotopic (exact) mass is 487 g/mol. The summed E-state index contributed by atoms with van der Waals surface area (Å²) in [7, 11) is 0. The van der Waals surface area contributed by atoms with Crippen molar-refractivity contribution in [2.24, 2.45) is 0 Å². The van der Waals surface area contributed by atoms with Gasteiger partial charge in [-0.3, -0.25) is 14.2 Å². The van der Waals surface area contributed by atoms with Crippen LogP contribution in [0.4, 0.5) is 5.69 Å². The smallest absolute Gasteiger partial charge is 0.258 e. The van der Waals surface area contributed by atoms with Gasteiger partial charge in [0.2, 0.25) is 5.91 Å². The van der Waals surface area contributed by atoms with Crippen molar-refractivity contribution >= 4 is 23.4 Å². The lowest BCUT2D eigenvalue weighted by atomic mass is 9.62. The third-order valence-corrected chi connectivity index (χ3v) is 8.51. The van der Waals surface area contributed by atoms with E-state index in [1.54, 1.807) is 0 Å². The lowest BCUT2D eigenvalue weighted by Gasteiger charge is -2.42. The predicted octanol–water partition coefficient (Wildman–Crippen LogP) is 6.20. The first kappa shape index (κ1) is 23.9. The van der Waals surface area contributed by atoms with E-state index in [1.807, 2.05) is 47.9 Å². The van der Waals surface area contributed by atoms with Crippen molar-refractivity contribution in [2.75, 3.05) is 5.32 Å². The fourth-order valence-electron chi connectivity index (χ4n) is 5.71. The number of hydrogen-bond acceptors (Lipinski definition) is 4. The lowest BCUT2D eigenvalue weighted by Crippen LogP contribution is -2.43. The van der Waals surface area contributed by atoms with E-state index < -0.39 is 5.25 Å². The highest BCUT2D eigenvalue weighted by Crippen LogP contribution is 2.48. The number of benzene rings is 2. The van der Waals surface area contributed by atoms with Crippen molar-refractivity contribution in [3.05, 3.63) is 76.1 Å². The van der Waals surface area contributed by atoms with Crippen LogP contribution in [0, 0.1) is 0 Å². The molecule has 1 atom stereocenters. The number of anilines is 1. The van der Waals surface area contributed by atoms with Gasteiger partial charge in [-0.1, -0.05) is 80.4 Å². The van der Waals surface area contributed by atoms with Gasteiger partial charge >= 0.3 is 0 Å². The summed E-state index contributed by atoms with van der Waals surface area (Å²) in [6, 6.07) is 17.9. The van der Waals surface area contributed by atoms with Crippen molar-refractivity contribution in [1.82, 2.24) is 9.55 Å². The van der Waals surface area contributed by atoms with Crippen molar-refractivity contribution in [2.45, 2.75) is 81.2 Å². The molecule has 0 saturated heterocycles. The van der Waals surface area contributed by atoms with Gasteiger partial charge in [0.05, 0.1) is 16.5 Å². The van der Waals surface area contributed by atoms with Gasteiger partial charge in [-0.2, -0.15) is 0 Å². The predicted molar refractivity (Wildman–Crippen MR) is 143 cm³/mol. The van der Waals surface area contributed by atoms with Crippen LogP contribution in [0.25, 0.3) is 11.3 Å². The molecule has 6 heteroatoms. The minimum absolute atomic E-state index is 0.0893. The second-order valence-electron chi connectivity index (χ2n) is 9.87. The second kappa shape index (κ2) is 10.0. The largest absolute Gasteiger partial charge is 0.325 e. The number of carbonyl (C=O) groups is 1. The third kappa shape index (κ3) is 4.56. The Kier molecular flexibility index (Phi) is 6.83. The Balaban J connectivity index is 1.57. The van der Waals surface area contributed by atoms with Crippen LogP contribution in [0.2, 0.25) is 0 Å². The van der Waals surface area contributed by atoms with Crippen LogP contribution >= 0.6 is 11.8 Å². The summed E-state index contributed by atoms with van der Waals surface area (Å²) in [5.74, 6) is -0.0969. The highest BCUT2D eigenvalue weighted by atomic mass is 32.2. The van der Waals surface area contributed by atoms with Crippen molar-refractivity contribution < 1.29 is 4.79 Å². The molecule has 1 N–H and O–H groups in total. The normalized spacial score (nSPS) is 16.9. The summed E-state index contributed by atoms with van der Waals surface area (Å²) in [6.07, 6.45) is 7.38. The molecule has 5 rings (SSSR count). The molecular formula is C29H33N3O2S. The van der Waals surface area contributed by atoms with E-state index in [2.05, 4.69) is 30.4 Å².